The average Bonchev–Trinajstić information content (AvgIpc) is 3.78. The van der Waals surface area contributed by atoms with Gasteiger partial charge in [-0.15, -0.1) is 0 Å². The van der Waals surface area contributed by atoms with E-state index in [4.69, 9.17) is 9.97 Å². The van der Waals surface area contributed by atoms with Gasteiger partial charge in [-0.25, -0.2) is 9.97 Å². The Kier molecular flexibility index (Phi) is 6.46. The molecule has 0 saturated carbocycles. The number of hydrogen-bond donors (Lipinski definition) is 0. The molecule has 3 aromatic heterocycles. The van der Waals surface area contributed by atoms with E-state index in [0.29, 0.717) is 0 Å². The topological polar surface area (TPSA) is 35.6 Å². The van der Waals surface area contributed by atoms with Gasteiger partial charge in [0, 0.05) is 50.2 Å². The third kappa shape index (κ3) is 4.54. The number of aromatic nitrogens is 4. The summed E-state index contributed by atoms with van der Waals surface area (Å²) in [6.07, 6.45) is 2.18. The lowest BCUT2D eigenvalue weighted by molar-refractivity contribution is 1.13. The molecule has 0 saturated heterocycles. The van der Waals surface area contributed by atoms with E-state index < -0.39 is 0 Å². The number of hydrogen-bond acceptors (Lipinski definition) is 2. The zero-order chi connectivity index (χ0) is 33.0. The second-order valence-electron chi connectivity index (χ2n) is 12.7. The molecule has 7 aromatic carbocycles. The molecule has 0 aliphatic heterocycles. The number of nitrogens with zero attached hydrogens (tertiary/aromatic N) is 4. The van der Waals surface area contributed by atoms with Crippen LogP contribution in [0, 0.1) is 0 Å². The smallest absolute Gasteiger partial charge is 0.160 e. The average molecular weight is 639 g/mol. The SMILES string of the molecule is c1ccc(-c2nc(-c3cccc(-c4ccc5c(c4)c4ccc6c(ccn6-c6ccccc6)c4n5-c4ccccc4)c3)nc3ccccc23)cc1. The summed E-state index contributed by atoms with van der Waals surface area (Å²) in [5, 5.41) is 4.71. The summed E-state index contributed by atoms with van der Waals surface area (Å²) >= 11 is 0. The summed E-state index contributed by atoms with van der Waals surface area (Å²) < 4.78 is 4.69. The first-order valence-electron chi connectivity index (χ1n) is 16.9. The Bertz CT molecular complexity index is 2850. The van der Waals surface area contributed by atoms with Crippen molar-refractivity contribution in [3.05, 3.63) is 182 Å². The van der Waals surface area contributed by atoms with Gasteiger partial charge in [0.25, 0.3) is 0 Å². The van der Waals surface area contributed by atoms with Crippen LogP contribution in [-0.4, -0.2) is 19.1 Å². The van der Waals surface area contributed by atoms with Gasteiger partial charge in [0.15, 0.2) is 5.82 Å². The van der Waals surface area contributed by atoms with Crippen LogP contribution in [0.3, 0.4) is 0 Å². The van der Waals surface area contributed by atoms with Gasteiger partial charge in [-0.3, -0.25) is 0 Å². The maximum absolute atomic E-state index is 5.14. The van der Waals surface area contributed by atoms with Gasteiger partial charge in [-0.1, -0.05) is 115 Å². The van der Waals surface area contributed by atoms with E-state index in [1.54, 1.807) is 0 Å². The van der Waals surface area contributed by atoms with Crippen LogP contribution >= 0.6 is 0 Å². The summed E-state index contributed by atoms with van der Waals surface area (Å²) in [5.74, 6) is 0.719. The van der Waals surface area contributed by atoms with Crippen LogP contribution in [0.1, 0.15) is 0 Å². The molecule has 0 unspecified atom stereocenters. The van der Waals surface area contributed by atoms with Crippen LogP contribution < -0.4 is 0 Å². The van der Waals surface area contributed by atoms with E-state index in [1.807, 2.05) is 18.2 Å². The van der Waals surface area contributed by atoms with Crippen molar-refractivity contribution >= 4 is 43.6 Å². The zero-order valence-corrected chi connectivity index (χ0v) is 27.1. The summed E-state index contributed by atoms with van der Waals surface area (Å²) in [7, 11) is 0. The minimum atomic E-state index is 0.719. The Morgan fingerprint density at radius 2 is 1.04 bits per heavy atom. The summed E-state index contributed by atoms with van der Waals surface area (Å²) in [6, 6.07) is 62.1. The largest absolute Gasteiger partial charge is 0.316 e. The van der Waals surface area contributed by atoms with Gasteiger partial charge in [0.2, 0.25) is 0 Å². The van der Waals surface area contributed by atoms with Gasteiger partial charge in [0.05, 0.1) is 27.8 Å². The fraction of sp³-hybridized carbons (Fsp3) is 0. The molecule has 3 heterocycles. The van der Waals surface area contributed by atoms with Gasteiger partial charge in [-0.05, 0) is 71.8 Å². The molecule has 4 heteroatoms. The van der Waals surface area contributed by atoms with Crippen molar-refractivity contribution in [2.24, 2.45) is 0 Å². The van der Waals surface area contributed by atoms with Crippen molar-refractivity contribution in [3.8, 4) is 45.1 Å². The molecule has 0 aliphatic rings. The molecule has 10 rings (SSSR count). The quantitative estimate of drug-likeness (QED) is 0.188. The van der Waals surface area contributed by atoms with Crippen LogP contribution in [0.2, 0.25) is 0 Å². The molecular weight excluding hydrogens is 609 g/mol. The van der Waals surface area contributed by atoms with Crippen molar-refractivity contribution in [2.45, 2.75) is 0 Å². The summed E-state index contributed by atoms with van der Waals surface area (Å²) in [4.78, 5) is 10.2. The van der Waals surface area contributed by atoms with Crippen LogP contribution in [0.5, 0.6) is 0 Å². The molecule has 10 aromatic rings. The van der Waals surface area contributed by atoms with Crippen LogP contribution in [0.15, 0.2) is 182 Å². The first-order chi connectivity index (χ1) is 24.8. The van der Waals surface area contributed by atoms with E-state index in [9.17, 15) is 0 Å². The Morgan fingerprint density at radius 3 is 1.86 bits per heavy atom. The number of fused-ring (bicyclic) bond motifs is 6. The fourth-order valence-corrected chi connectivity index (χ4v) is 7.42. The highest BCUT2D eigenvalue weighted by Gasteiger charge is 2.18. The first-order valence-corrected chi connectivity index (χ1v) is 16.9. The molecule has 50 heavy (non-hydrogen) atoms. The number of rotatable bonds is 5. The third-order valence-corrected chi connectivity index (χ3v) is 9.75. The van der Waals surface area contributed by atoms with Crippen molar-refractivity contribution in [3.63, 3.8) is 0 Å². The van der Waals surface area contributed by atoms with E-state index in [2.05, 4.69) is 173 Å². The Hall–Kier alpha value is -6.78. The van der Waals surface area contributed by atoms with Crippen molar-refractivity contribution < 1.29 is 0 Å². The molecule has 0 spiro atoms. The van der Waals surface area contributed by atoms with Crippen molar-refractivity contribution in [1.82, 2.24) is 19.1 Å². The van der Waals surface area contributed by atoms with Crippen molar-refractivity contribution in [1.29, 1.82) is 0 Å². The second-order valence-corrected chi connectivity index (χ2v) is 12.7. The van der Waals surface area contributed by atoms with E-state index >= 15 is 0 Å². The third-order valence-electron chi connectivity index (χ3n) is 9.75. The zero-order valence-electron chi connectivity index (χ0n) is 27.1. The van der Waals surface area contributed by atoms with Gasteiger partial charge >= 0.3 is 0 Å². The maximum atomic E-state index is 5.14. The molecule has 0 atom stereocenters. The van der Waals surface area contributed by atoms with Gasteiger partial charge in [0.1, 0.15) is 0 Å². The minimum Gasteiger partial charge on any atom is -0.316 e. The Labute approximate surface area is 289 Å². The second kappa shape index (κ2) is 11.4. The number of benzene rings is 7. The molecule has 234 valence electrons. The molecule has 0 bridgehead atoms. The lowest BCUT2D eigenvalue weighted by Crippen LogP contribution is -1.95. The lowest BCUT2D eigenvalue weighted by Gasteiger charge is -2.11. The highest BCUT2D eigenvalue weighted by atomic mass is 15.0. The molecule has 0 radical (unpaired) electrons. The van der Waals surface area contributed by atoms with Crippen LogP contribution in [0.4, 0.5) is 0 Å². The normalized spacial score (nSPS) is 11.6. The van der Waals surface area contributed by atoms with Gasteiger partial charge in [-0.2, -0.15) is 0 Å². The minimum absolute atomic E-state index is 0.719. The summed E-state index contributed by atoms with van der Waals surface area (Å²) in [5.41, 5.74) is 12.1. The fourth-order valence-electron chi connectivity index (χ4n) is 7.42. The van der Waals surface area contributed by atoms with Crippen LogP contribution in [0.25, 0.3) is 88.8 Å². The lowest BCUT2D eigenvalue weighted by atomic mass is 10.00. The molecule has 0 aliphatic carbocycles. The Morgan fingerprint density at radius 1 is 0.380 bits per heavy atom. The highest BCUT2D eigenvalue weighted by molar-refractivity contribution is 6.19. The monoisotopic (exact) mass is 638 g/mol. The molecule has 0 N–H and O–H groups in total. The predicted octanol–water partition coefficient (Wildman–Crippen LogP) is 11.7. The van der Waals surface area contributed by atoms with E-state index in [-0.39, 0.29) is 0 Å². The number of para-hydroxylation sites is 3. The Balaban J connectivity index is 1.15. The predicted molar refractivity (Wildman–Crippen MR) is 207 cm³/mol. The standard InChI is InChI=1S/C46H30N4/c1-4-13-31(14-5-1)44-38-21-10-11-22-41(38)47-46(48-44)34-16-12-15-32(29-34)33-23-25-43-40(30-33)37-24-26-42-39(27-28-49(42)35-17-6-2-7-18-35)45(37)50(43)36-19-8-3-9-20-36/h1-30H. The van der Waals surface area contributed by atoms with E-state index in [1.165, 1.54) is 32.7 Å². The molecule has 4 nitrogen and oxygen atoms in total. The first kappa shape index (κ1) is 28.3. The van der Waals surface area contributed by atoms with E-state index in [0.717, 1.165) is 56.0 Å². The molecular formula is C46H30N4. The van der Waals surface area contributed by atoms with Crippen molar-refractivity contribution in [2.75, 3.05) is 0 Å². The molecule has 0 fully saturated rings. The maximum Gasteiger partial charge on any atom is 0.160 e. The van der Waals surface area contributed by atoms with Gasteiger partial charge < -0.3 is 9.13 Å². The van der Waals surface area contributed by atoms with Crippen LogP contribution in [-0.2, 0) is 0 Å². The molecule has 0 amide bonds. The highest BCUT2D eigenvalue weighted by Crippen LogP contribution is 2.40. The summed E-state index contributed by atoms with van der Waals surface area (Å²) in [6.45, 7) is 0.